The second-order valence-electron chi connectivity index (χ2n) is 5.72. The van der Waals surface area contributed by atoms with Gasteiger partial charge < -0.3 is 0 Å². The third-order valence-corrected chi connectivity index (χ3v) is 3.67. The second kappa shape index (κ2) is 5.01. The Bertz CT molecular complexity index is 264. The molecule has 1 aliphatic rings. The summed E-state index contributed by atoms with van der Waals surface area (Å²) in [5.41, 5.74) is 3.67. The molecule has 0 saturated heterocycles. The predicted octanol–water partition coefficient (Wildman–Crippen LogP) is 5.12. The molecule has 0 nitrogen and oxygen atoms in total. The van der Waals surface area contributed by atoms with E-state index in [4.69, 9.17) is 0 Å². The van der Waals surface area contributed by atoms with Gasteiger partial charge in [-0.2, -0.15) is 0 Å². The topological polar surface area (TPSA) is 0 Å². The van der Waals surface area contributed by atoms with Crippen molar-refractivity contribution < 1.29 is 0 Å². The van der Waals surface area contributed by atoms with Crippen molar-refractivity contribution in [3.63, 3.8) is 0 Å². The van der Waals surface area contributed by atoms with Crippen LogP contribution in [-0.2, 0) is 0 Å². The molecule has 0 bridgehead atoms. The Kier molecular flexibility index (Phi) is 4.19. The minimum atomic E-state index is 0.410. The van der Waals surface area contributed by atoms with Gasteiger partial charge in [-0.1, -0.05) is 64.3 Å². The summed E-state index contributed by atoms with van der Waals surface area (Å²) in [6.07, 6.45) is 9.89. The second-order valence-corrected chi connectivity index (χ2v) is 5.72. The van der Waals surface area contributed by atoms with Gasteiger partial charge in [-0.05, 0) is 30.6 Å². The van der Waals surface area contributed by atoms with Gasteiger partial charge in [0.15, 0.2) is 0 Å². The van der Waals surface area contributed by atoms with E-state index in [1.807, 2.05) is 0 Å². The fraction of sp³-hybridized carbons (Fsp3) is 0.733. The van der Waals surface area contributed by atoms with Crippen LogP contribution in [0.4, 0.5) is 0 Å². The van der Waals surface area contributed by atoms with Gasteiger partial charge in [-0.25, -0.2) is 0 Å². The SMILES string of the molecule is CCCC(C)(C)C1=CC=C(C(C)C)CC1. The third kappa shape index (κ3) is 3.22. The summed E-state index contributed by atoms with van der Waals surface area (Å²) in [6, 6.07) is 0. The van der Waals surface area contributed by atoms with Gasteiger partial charge in [0, 0.05) is 0 Å². The molecule has 0 heteroatoms. The Balaban J connectivity index is 2.75. The van der Waals surface area contributed by atoms with E-state index < -0.39 is 0 Å². The maximum absolute atomic E-state index is 2.39. The smallest absolute Gasteiger partial charge is 0.0142 e. The molecule has 0 saturated carbocycles. The van der Waals surface area contributed by atoms with Gasteiger partial charge in [0.2, 0.25) is 0 Å². The van der Waals surface area contributed by atoms with Gasteiger partial charge in [-0.3, -0.25) is 0 Å². The Hall–Kier alpha value is -0.520. The molecular weight excluding hydrogens is 180 g/mol. The van der Waals surface area contributed by atoms with Crippen molar-refractivity contribution in [3.8, 4) is 0 Å². The van der Waals surface area contributed by atoms with E-state index >= 15 is 0 Å². The van der Waals surface area contributed by atoms with Crippen molar-refractivity contribution in [2.24, 2.45) is 11.3 Å². The van der Waals surface area contributed by atoms with Crippen LogP contribution < -0.4 is 0 Å². The van der Waals surface area contributed by atoms with E-state index in [-0.39, 0.29) is 0 Å². The summed E-state index contributed by atoms with van der Waals surface area (Å²) < 4.78 is 0. The number of hydrogen-bond acceptors (Lipinski definition) is 0. The molecule has 0 aromatic heterocycles. The van der Waals surface area contributed by atoms with Crippen LogP contribution in [0.25, 0.3) is 0 Å². The minimum absolute atomic E-state index is 0.410. The van der Waals surface area contributed by atoms with Crippen LogP contribution >= 0.6 is 0 Å². The van der Waals surface area contributed by atoms with Crippen molar-refractivity contribution in [1.82, 2.24) is 0 Å². The van der Waals surface area contributed by atoms with Crippen LogP contribution in [0.2, 0.25) is 0 Å². The lowest BCUT2D eigenvalue weighted by Gasteiger charge is -2.30. The van der Waals surface area contributed by atoms with E-state index in [9.17, 15) is 0 Å². The molecule has 15 heavy (non-hydrogen) atoms. The van der Waals surface area contributed by atoms with Crippen LogP contribution in [-0.4, -0.2) is 0 Å². The molecule has 0 fully saturated rings. The fourth-order valence-electron chi connectivity index (χ4n) is 2.48. The van der Waals surface area contributed by atoms with E-state index in [1.165, 1.54) is 25.7 Å². The maximum atomic E-state index is 2.39. The third-order valence-electron chi connectivity index (χ3n) is 3.67. The average Bonchev–Trinajstić information content (AvgIpc) is 2.18. The molecule has 0 unspecified atom stereocenters. The van der Waals surface area contributed by atoms with Crippen molar-refractivity contribution in [1.29, 1.82) is 0 Å². The molecule has 0 radical (unpaired) electrons. The molecule has 0 atom stereocenters. The fourth-order valence-corrected chi connectivity index (χ4v) is 2.48. The number of hydrogen-bond donors (Lipinski definition) is 0. The Morgan fingerprint density at radius 3 is 2.27 bits per heavy atom. The Morgan fingerprint density at radius 1 is 1.20 bits per heavy atom. The molecule has 0 aliphatic heterocycles. The summed E-state index contributed by atoms with van der Waals surface area (Å²) in [5, 5.41) is 0. The number of allylic oxidation sites excluding steroid dienone is 4. The normalized spacial score (nSPS) is 17.7. The monoisotopic (exact) mass is 206 g/mol. The number of rotatable bonds is 4. The molecular formula is C15H26. The van der Waals surface area contributed by atoms with E-state index in [2.05, 4.69) is 46.8 Å². The summed E-state index contributed by atoms with van der Waals surface area (Å²) in [4.78, 5) is 0. The molecule has 0 amide bonds. The van der Waals surface area contributed by atoms with Crippen LogP contribution in [0, 0.1) is 11.3 Å². The van der Waals surface area contributed by atoms with Gasteiger partial charge >= 0.3 is 0 Å². The first kappa shape index (κ1) is 12.5. The van der Waals surface area contributed by atoms with Gasteiger partial charge in [-0.15, -0.1) is 0 Å². The van der Waals surface area contributed by atoms with Crippen LogP contribution in [0.3, 0.4) is 0 Å². The molecule has 0 heterocycles. The van der Waals surface area contributed by atoms with E-state index in [0.29, 0.717) is 5.41 Å². The van der Waals surface area contributed by atoms with Gasteiger partial charge in [0.25, 0.3) is 0 Å². The predicted molar refractivity (Wildman–Crippen MR) is 68.9 cm³/mol. The first-order valence-electron chi connectivity index (χ1n) is 6.37. The summed E-state index contributed by atoms with van der Waals surface area (Å²) >= 11 is 0. The largest absolute Gasteiger partial charge is 0.0673 e. The van der Waals surface area contributed by atoms with Gasteiger partial charge in [0.05, 0.1) is 0 Å². The molecule has 0 aromatic rings. The Morgan fingerprint density at radius 2 is 1.87 bits per heavy atom. The summed E-state index contributed by atoms with van der Waals surface area (Å²) in [5.74, 6) is 0.720. The van der Waals surface area contributed by atoms with E-state index in [1.54, 1.807) is 11.1 Å². The first-order chi connectivity index (χ1) is 6.97. The lowest BCUT2D eigenvalue weighted by molar-refractivity contribution is 0.386. The van der Waals surface area contributed by atoms with Gasteiger partial charge in [0.1, 0.15) is 0 Å². The quantitative estimate of drug-likeness (QED) is 0.599. The zero-order chi connectivity index (χ0) is 11.5. The minimum Gasteiger partial charge on any atom is -0.0673 e. The standard InChI is InChI=1S/C15H26/c1-6-11-15(4,5)14-9-7-13(8-10-14)12(2)3/h7,9,12H,6,8,10-11H2,1-5H3. The summed E-state index contributed by atoms with van der Waals surface area (Å²) in [7, 11) is 0. The highest BCUT2D eigenvalue weighted by molar-refractivity contribution is 5.28. The molecule has 0 spiro atoms. The highest BCUT2D eigenvalue weighted by Gasteiger charge is 2.23. The molecule has 86 valence electrons. The molecule has 1 aliphatic carbocycles. The van der Waals surface area contributed by atoms with Crippen LogP contribution in [0.5, 0.6) is 0 Å². The van der Waals surface area contributed by atoms with Crippen molar-refractivity contribution in [2.75, 3.05) is 0 Å². The highest BCUT2D eigenvalue weighted by Crippen LogP contribution is 2.38. The van der Waals surface area contributed by atoms with Crippen LogP contribution in [0.15, 0.2) is 23.3 Å². The zero-order valence-corrected chi connectivity index (χ0v) is 11.1. The molecule has 0 aromatic carbocycles. The lowest BCUT2D eigenvalue weighted by atomic mass is 9.75. The van der Waals surface area contributed by atoms with E-state index in [0.717, 1.165) is 5.92 Å². The first-order valence-corrected chi connectivity index (χ1v) is 6.37. The summed E-state index contributed by atoms with van der Waals surface area (Å²) in [6.45, 7) is 11.6. The average molecular weight is 206 g/mol. The Labute approximate surface area is 95.5 Å². The zero-order valence-electron chi connectivity index (χ0n) is 11.1. The van der Waals surface area contributed by atoms with Crippen molar-refractivity contribution >= 4 is 0 Å². The lowest BCUT2D eigenvalue weighted by Crippen LogP contribution is -2.16. The van der Waals surface area contributed by atoms with Crippen molar-refractivity contribution in [2.45, 2.75) is 60.3 Å². The van der Waals surface area contributed by atoms with Crippen LogP contribution in [0.1, 0.15) is 60.3 Å². The molecule has 0 N–H and O–H groups in total. The van der Waals surface area contributed by atoms with Crippen molar-refractivity contribution in [3.05, 3.63) is 23.3 Å². The maximum Gasteiger partial charge on any atom is -0.0142 e. The molecule has 1 rings (SSSR count). The highest BCUT2D eigenvalue weighted by atomic mass is 14.3.